The fourth-order valence-corrected chi connectivity index (χ4v) is 6.96. The molecule has 0 rings (SSSR count). The highest BCUT2D eigenvalue weighted by molar-refractivity contribution is 5.71. The number of carbonyl (C=O) groups excluding carboxylic acids is 3. The molecule has 0 N–H and O–H groups in total. The highest BCUT2D eigenvalue weighted by Crippen LogP contribution is 2.13. The van der Waals surface area contributed by atoms with Gasteiger partial charge in [-0.25, -0.2) is 0 Å². The number of unbranched alkanes of at least 4 members (excludes halogenated alkanes) is 16. The van der Waals surface area contributed by atoms with Crippen molar-refractivity contribution in [1.29, 1.82) is 0 Å². The average Bonchev–Trinajstić information content (AvgIpc) is 3.33. The third kappa shape index (κ3) is 52.6. The molecule has 0 aromatic rings. The smallest absolute Gasteiger partial charge is 0.306 e. The summed E-state index contributed by atoms with van der Waals surface area (Å²) < 4.78 is 16.7. The summed E-state index contributed by atoms with van der Waals surface area (Å²) in [7, 11) is 0. The summed E-state index contributed by atoms with van der Waals surface area (Å²) in [5, 5.41) is 0. The minimum atomic E-state index is -0.801. The van der Waals surface area contributed by atoms with Crippen LogP contribution in [-0.2, 0) is 28.6 Å². The third-order valence-electron chi connectivity index (χ3n) is 11.0. The summed E-state index contributed by atoms with van der Waals surface area (Å²) in [6.07, 6.45) is 74.8. The van der Waals surface area contributed by atoms with Crippen molar-refractivity contribution in [1.82, 2.24) is 0 Å². The van der Waals surface area contributed by atoms with Crippen LogP contribution in [0.4, 0.5) is 0 Å². The Labute approximate surface area is 412 Å². The van der Waals surface area contributed by atoms with E-state index in [1.165, 1.54) is 38.5 Å². The van der Waals surface area contributed by atoms with Gasteiger partial charge in [-0.05, 0) is 109 Å². The highest BCUT2D eigenvalue weighted by atomic mass is 16.6. The molecule has 0 aliphatic rings. The first-order valence-corrected chi connectivity index (χ1v) is 27.0. The van der Waals surface area contributed by atoms with E-state index < -0.39 is 6.10 Å². The van der Waals surface area contributed by atoms with Crippen molar-refractivity contribution in [3.63, 3.8) is 0 Å². The molecule has 0 amide bonds. The summed E-state index contributed by atoms with van der Waals surface area (Å²) in [4.78, 5) is 37.9. The minimum Gasteiger partial charge on any atom is -0.462 e. The van der Waals surface area contributed by atoms with Crippen LogP contribution >= 0.6 is 0 Å². The first-order chi connectivity index (χ1) is 33.0. The van der Waals surface area contributed by atoms with Gasteiger partial charge in [0.1, 0.15) is 13.2 Å². The molecule has 0 aliphatic heterocycles. The van der Waals surface area contributed by atoms with E-state index in [0.717, 1.165) is 148 Å². The summed E-state index contributed by atoms with van der Waals surface area (Å²) in [6.45, 7) is 6.33. The van der Waals surface area contributed by atoms with Gasteiger partial charge >= 0.3 is 17.9 Å². The Bertz CT molecular complexity index is 1440. The molecule has 67 heavy (non-hydrogen) atoms. The Kier molecular flexibility index (Phi) is 51.0. The second-order valence-electron chi connectivity index (χ2n) is 17.4. The maximum Gasteiger partial charge on any atom is 0.306 e. The van der Waals surface area contributed by atoms with Crippen LogP contribution in [0.5, 0.6) is 0 Å². The monoisotopic (exact) mass is 927 g/mol. The van der Waals surface area contributed by atoms with Gasteiger partial charge in [0, 0.05) is 19.3 Å². The van der Waals surface area contributed by atoms with Crippen LogP contribution in [0.1, 0.15) is 226 Å². The van der Waals surface area contributed by atoms with E-state index in [0.29, 0.717) is 12.8 Å². The lowest BCUT2D eigenvalue weighted by molar-refractivity contribution is -0.167. The fraction of sp³-hybridized carbons (Fsp3) is 0.623. The number of hydrogen-bond donors (Lipinski definition) is 0. The third-order valence-corrected chi connectivity index (χ3v) is 11.0. The van der Waals surface area contributed by atoms with Gasteiger partial charge in [-0.15, -0.1) is 0 Å². The molecular weight excluding hydrogens is 829 g/mol. The van der Waals surface area contributed by atoms with E-state index in [2.05, 4.69) is 142 Å². The van der Waals surface area contributed by atoms with E-state index in [4.69, 9.17) is 14.2 Å². The van der Waals surface area contributed by atoms with Crippen molar-refractivity contribution < 1.29 is 28.6 Å². The number of ether oxygens (including phenoxy) is 3. The van der Waals surface area contributed by atoms with E-state index in [1.807, 2.05) is 0 Å². The van der Waals surface area contributed by atoms with Crippen molar-refractivity contribution in [3.8, 4) is 0 Å². The van der Waals surface area contributed by atoms with Gasteiger partial charge in [-0.3, -0.25) is 14.4 Å². The predicted molar refractivity (Wildman–Crippen MR) is 288 cm³/mol. The summed E-state index contributed by atoms with van der Waals surface area (Å²) in [6, 6.07) is 0. The number of allylic oxidation sites excluding steroid dienone is 20. The zero-order valence-electron chi connectivity index (χ0n) is 43.1. The van der Waals surface area contributed by atoms with E-state index in [-0.39, 0.29) is 37.5 Å². The topological polar surface area (TPSA) is 78.9 Å². The van der Waals surface area contributed by atoms with E-state index in [1.54, 1.807) is 0 Å². The molecule has 378 valence electrons. The first kappa shape index (κ1) is 62.8. The highest BCUT2D eigenvalue weighted by Gasteiger charge is 2.19. The van der Waals surface area contributed by atoms with Crippen LogP contribution in [0.2, 0.25) is 0 Å². The molecule has 0 aliphatic carbocycles. The maximum absolute atomic E-state index is 12.8. The molecule has 1 unspecified atom stereocenters. The van der Waals surface area contributed by atoms with Gasteiger partial charge in [0.25, 0.3) is 0 Å². The largest absolute Gasteiger partial charge is 0.462 e. The van der Waals surface area contributed by atoms with Crippen molar-refractivity contribution in [2.75, 3.05) is 13.2 Å². The zero-order chi connectivity index (χ0) is 48.6. The fourth-order valence-electron chi connectivity index (χ4n) is 6.96. The number of hydrogen-bond acceptors (Lipinski definition) is 6. The van der Waals surface area contributed by atoms with Crippen LogP contribution in [0.3, 0.4) is 0 Å². The van der Waals surface area contributed by atoms with Gasteiger partial charge < -0.3 is 14.2 Å². The molecule has 0 saturated carbocycles. The molecule has 0 fully saturated rings. The van der Waals surface area contributed by atoms with Gasteiger partial charge in [0.15, 0.2) is 6.10 Å². The molecular formula is C61H98O6. The Morgan fingerprint density at radius 1 is 0.313 bits per heavy atom. The van der Waals surface area contributed by atoms with Gasteiger partial charge in [-0.1, -0.05) is 219 Å². The molecule has 0 aromatic heterocycles. The minimum absolute atomic E-state index is 0.0980. The van der Waals surface area contributed by atoms with Crippen LogP contribution < -0.4 is 0 Å². The molecule has 1 atom stereocenters. The zero-order valence-corrected chi connectivity index (χ0v) is 43.1. The Balaban J connectivity index is 4.32. The van der Waals surface area contributed by atoms with Crippen molar-refractivity contribution in [2.24, 2.45) is 0 Å². The van der Waals surface area contributed by atoms with Gasteiger partial charge in [-0.2, -0.15) is 0 Å². The Morgan fingerprint density at radius 2 is 0.582 bits per heavy atom. The molecule has 0 heterocycles. The van der Waals surface area contributed by atoms with E-state index in [9.17, 15) is 14.4 Å². The molecule has 0 spiro atoms. The second-order valence-corrected chi connectivity index (χ2v) is 17.4. The lowest BCUT2D eigenvalue weighted by atomic mass is 10.1. The molecule has 0 radical (unpaired) electrons. The molecule has 0 aromatic carbocycles. The predicted octanol–water partition coefficient (Wildman–Crippen LogP) is 18.1. The van der Waals surface area contributed by atoms with Crippen molar-refractivity contribution in [3.05, 3.63) is 122 Å². The van der Waals surface area contributed by atoms with Gasteiger partial charge in [0.05, 0.1) is 0 Å². The molecule has 0 saturated heterocycles. The van der Waals surface area contributed by atoms with Crippen LogP contribution in [0.25, 0.3) is 0 Å². The lowest BCUT2D eigenvalue weighted by Crippen LogP contribution is -2.30. The standard InChI is InChI=1S/C61H98O6/c1-4-7-10-13-16-19-21-23-24-25-26-27-28-29-30-31-32-33-34-35-36-38-39-42-45-48-51-54-60(63)66-57-58(56-65-59(62)53-50-47-44-41-18-15-12-9-6-3)67-61(64)55-52-49-46-43-40-37-22-20-17-14-11-8-5-2/h7-8,10-11,16-17,19-20,23-24,26-27,29-30,32-33,35-37,40,58H,4-6,9,12-15,18,21-22,25,28,31,34,38-39,41-57H2,1-3H3/b10-7-,11-8-,19-16-,20-17-,24-23-,27-26-,30-29-,33-32-,36-35-,40-37-. The number of rotatable bonds is 47. The summed E-state index contributed by atoms with van der Waals surface area (Å²) in [5.41, 5.74) is 0. The van der Waals surface area contributed by atoms with Crippen LogP contribution in [0.15, 0.2) is 122 Å². The summed E-state index contributed by atoms with van der Waals surface area (Å²) in [5.74, 6) is -0.957. The van der Waals surface area contributed by atoms with Crippen LogP contribution in [0, 0.1) is 0 Å². The van der Waals surface area contributed by atoms with Crippen LogP contribution in [-0.4, -0.2) is 37.2 Å². The molecule has 6 heteroatoms. The van der Waals surface area contributed by atoms with Crippen molar-refractivity contribution in [2.45, 2.75) is 232 Å². The molecule has 0 bridgehead atoms. The van der Waals surface area contributed by atoms with Gasteiger partial charge in [0.2, 0.25) is 0 Å². The first-order valence-electron chi connectivity index (χ1n) is 27.0. The number of esters is 3. The average molecular weight is 927 g/mol. The quantitative estimate of drug-likeness (QED) is 0.0262. The van der Waals surface area contributed by atoms with E-state index >= 15 is 0 Å². The Hall–Kier alpha value is -4.19. The maximum atomic E-state index is 12.8. The lowest BCUT2D eigenvalue weighted by Gasteiger charge is -2.18. The molecule has 6 nitrogen and oxygen atoms in total. The number of carbonyl (C=O) groups is 3. The SMILES string of the molecule is CC/C=C\C/C=C\C/C=C\C/C=C\C/C=C\C/C=C\C/C=C\CCCCCCCC(=O)OCC(COC(=O)CCCCCCCCCCC)OC(=O)CCCCC/C=C\C/C=C\C/C=C\CC. The Morgan fingerprint density at radius 3 is 0.925 bits per heavy atom. The van der Waals surface area contributed by atoms with Crippen molar-refractivity contribution >= 4 is 17.9 Å². The summed E-state index contributed by atoms with van der Waals surface area (Å²) >= 11 is 0. The normalized spacial score (nSPS) is 13.1. The second kappa shape index (κ2) is 54.4.